The standard InChI is InChI=1S/C9H17N3O4S/c1-15-5-6-16-4-2-3-12-7-9(11-8-12)17(10,13)14/h7-8H,2-6H2,1H3,(H2,10,13,14). The van der Waals surface area contributed by atoms with Crippen LogP contribution in [0.3, 0.4) is 0 Å². The molecule has 0 radical (unpaired) electrons. The van der Waals surface area contributed by atoms with Gasteiger partial charge < -0.3 is 14.0 Å². The second-order valence-corrected chi connectivity index (χ2v) is 4.96. The van der Waals surface area contributed by atoms with E-state index in [0.29, 0.717) is 26.4 Å². The smallest absolute Gasteiger partial charge is 0.257 e. The first-order valence-electron chi connectivity index (χ1n) is 5.15. The molecule has 98 valence electrons. The van der Waals surface area contributed by atoms with Crippen LogP contribution in [0.15, 0.2) is 17.6 Å². The Hall–Kier alpha value is -0.960. The van der Waals surface area contributed by atoms with Gasteiger partial charge in [-0.25, -0.2) is 18.5 Å². The molecule has 1 aromatic rings. The fourth-order valence-electron chi connectivity index (χ4n) is 1.20. The summed E-state index contributed by atoms with van der Waals surface area (Å²) in [6, 6.07) is 0. The van der Waals surface area contributed by atoms with Crippen LogP contribution < -0.4 is 5.14 Å². The van der Waals surface area contributed by atoms with E-state index in [0.717, 1.165) is 6.42 Å². The van der Waals surface area contributed by atoms with Gasteiger partial charge in [0, 0.05) is 26.5 Å². The van der Waals surface area contributed by atoms with Crippen molar-refractivity contribution in [3.63, 3.8) is 0 Å². The van der Waals surface area contributed by atoms with Gasteiger partial charge in [-0.3, -0.25) is 0 Å². The second-order valence-electron chi connectivity index (χ2n) is 3.45. The number of nitrogens with two attached hydrogens (primary N) is 1. The Morgan fingerprint density at radius 2 is 2.18 bits per heavy atom. The minimum atomic E-state index is -3.70. The number of primary sulfonamides is 1. The Morgan fingerprint density at radius 3 is 2.76 bits per heavy atom. The Morgan fingerprint density at radius 1 is 1.41 bits per heavy atom. The van der Waals surface area contributed by atoms with Crippen LogP contribution in [-0.4, -0.2) is 44.9 Å². The largest absolute Gasteiger partial charge is 0.382 e. The van der Waals surface area contributed by atoms with Crippen molar-refractivity contribution in [1.82, 2.24) is 9.55 Å². The van der Waals surface area contributed by atoms with Crippen LogP contribution >= 0.6 is 0 Å². The van der Waals surface area contributed by atoms with Crippen molar-refractivity contribution in [3.8, 4) is 0 Å². The summed E-state index contributed by atoms with van der Waals surface area (Å²) >= 11 is 0. The SMILES string of the molecule is COCCOCCCn1cnc(S(N)(=O)=O)c1. The maximum absolute atomic E-state index is 11.0. The predicted octanol–water partition coefficient (Wildman–Crippen LogP) is -0.416. The van der Waals surface area contributed by atoms with E-state index in [1.54, 1.807) is 11.7 Å². The average molecular weight is 263 g/mol. The number of hydrogen-bond donors (Lipinski definition) is 1. The molecule has 0 aliphatic rings. The van der Waals surface area contributed by atoms with Crippen molar-refractivity contribution in [3.05, 3.63) is 12.5 Å². The van der Waals surface area contributed by atoms with Gasteiger partial charge in [-0.05, 0) is 6.42 Å². The highest BCUT2D eigenvalue weighted by molar-refractivity contribution is 7.89. The van der Waals surface area contributed by atoms with E-state index in [1.807, 2.05) is 0 Å². The fraction of sp³-hybridized carbons (Fsp3) is 0.667. The molecule has 17 heavy (non-hydrogen) atoms. The Bertz CT molecular complexity index is 429. The number of nitrogens with zero attached hydrogens (tertiary/aromatic N) is 2. The Labute approximate surface area is 101 Å². The van der Waals surface area contributed by atoms with Crippen molar-refractivity contribution >= 4 is 10.0 Å². The third kappa shape index (κ3) is 5.26. The topological polar surface area (TPSA) is 96.4 Å². The molecule has 0 atom stereocenters. The highest BCUT2D eigenvalue weighted by atomic mass is 32.2. The molecule has 1 aromatic heterocycles. The molecule has 0 aromatic carbocycles. The summed E-state index contributed by atoms with van der Waals surface area (Å²) in [5, 5.41) is 4.82. The summed E-state index contributed by atoms with van der Waals surface area (Å²) in [6.07, 6.45) is 3.61. The maximum atomic E-state index is 11.0. The zero-order valence-corrected chi connectivity index (χ0v) is 10.5. The Balaban J connectivity index is 2.26. The van der Waals surface area contributed by atoms with Crippen molar-refractivity contribution in [2.45, 2.75) is 18.0 Å². The summed E-state index contributed by atoms with van der Waals surface area (Å²) in [5.74, 6) is 0. The van der Waals surface area contributed by atoms with Crippen molar-refractivity contribution in [1.29, 1.82) is 0 Å². The third-order valence-electron chi connectivity index (χ3n) is 2.04. The highest BCUT2D eigenvalue weighted by Crippen LogP contribution is 2.02. The van der Waals surface area contributed by atoms with Gasteiger partial charge >= 0.3 is 0 Å². The van der Waals surface area contributed by atoms with Crippen LogP contribution in [0.5, 0.6) is 0 Å². The molecule has 8 heteroatoms. The second kappa shape index (κ2) is 6.70. The number of aryl methyl sites for hydroxylation is 1. The van der Waals surface area contributed by atoms with Crippen molar-refractivity contribution in [2.24, 2.45) is 5.14 Å². The van der Waals surface area contributed by atoms with Gasteiger partial charge in [0.05, 0.1) is 19.5 Å². The zero-order chi connectivity index (χ0) is 12.7. The van der Waals surface area contributed by atoms with Crippen molar-refractivity contribution < 1.29 is 17.9 Å². The minimum Gasteiger partial charge on any atom is -0.382 e. The van der Waals surface area contributed by atoms with E-state index in [-0.39, 0.29) is 5.03 Å². The zero-order valence-electron chi connectivity index (χ0n) is 9.70. The summed E-state index contributed by atoms with van der Waals surface area (Å²) in [6.45, 7) is 2.35. The molecular weight excluding hydrogens is 246 g/mol. The number of rotatable bonds is 8. The normalized spacial score (nSPS) is 11.9. The van der Waals surface area contributed by atoms with Gasteiger partial charge in [0.25, 0.3) is 10.0 Å². The van der Waals surface area contributed by atoms with Crippen LogP contribution in [0.4, 0.5) is 0 Å². The third-order valence-corrected chi connectivity index (χ3v) is 2.83. The lowest BCUT2D eigenvalue weighted by molar-refractivity contribution is 0.0680. The van der Waals surface area contributed by atoms with Gasteiger partial charge in [0.1, 0.15) is 0 Å². The van der Waals surface area contributed by atoms with Gasteiger partial charge in [-0.1, -0.05) is 0 Å². The lowest BCUT2D eigenvalue weighted by atomic mass is 10.4. The lowest BCUT2D eigenvalue weighted by Gasteiger charge is -2.03. The molecule has 1 heterocycles. The summed E-state index contributed by atoms with van der Waals surface area (Å²) < 4.78 is 33.7. The molecule has 0 bridgehead atoms. The fourth-order valence-corrected chi connectivity index (χ4v) is 1.68. The molecule has 0 aliphatic carbocycles. The average Bonchev–Trinajstić information content (AvgIpc) is 2.71. The van der Waals surface area contributed by atoms with E-state index >= 15 is 0 Å². The summed E-state index contributed by atoms with van der Waals surface area (Å²) in [5.41, 5.74) is 0. The monoisotopic (exact) mass is 263 g/mol. The molecule has 7 nitrogen and oxygen atoms in total. The van der Waals surface area contributed by atoms with Gasteiger partial charge in [0.15, 0.2) is 5.03 Å². The van der Waals surface area contributed by atoms with Crippen molar-refractivity contribution in [2.75, 3.05) is 26.9 Å². The molecule has 0 spiro atoms. The van der Waals surface area contributed by atoms with E-state index in [9.17, 15) is 8.42 Å². The highest BCUT2D eigenvalue weighted by Gasteiger charge is 2.10. The minimum absolute atomic E-state index is 0.113. The molecule has 0 amide bonds. The summed E-state index contributed by atoms with van der Waals surface area (Å²) in [7, 11) is -2.09. The number of ether oxygens (including phenoxy) is 2. The molecule has 0 fully saturated rings. The first kappa shape index (κ1) is 14.1. The number of sulfonamides is 1. The maximum Gasteiger partial charge on any atom is 0.257 e. The predicted molar refractivity (Wildman–Crippen MR) is 60.9 cm³/mol. The molecule has 0 aliphatic heterocycles. The van der Waals surface area contributed by atoms with E-state index in [2.05, 4.69) is 4.98 Å². The molecular formula is C9H17N3O4S. The number of hydrogen-bond acceptors (Lipinski definition) is 5. The van der Waals surface area contributed by atoms with Crippen LogP contribution in [0.25, 0.3) is 0 Å². The van der Waals surface area contributed by atoms with Crippen LogP contribution in [0.1, 0.15) is 6.42 Å². The number of aromatic nitrogens is 2. The molecule has 1 rings (SSSR count). The van der Waals surface area contributed by atoms with Crippen LogP contribution in [-0.2, 0) is 26.0 Å². The van der Waals surface area contributed by atoms with E-state index < -0.39 is 10.0 Å². The van der Waals surface area contributed by atoms with E-state index in [4.69, 9.17) is 14.6 Å². The van der Waals surface area contributed by atoms with Gasteiger partial charge in [-0.15, -0.1) is 0 Å². The first-order valence-corrected chi connectivity index (χ1v) is 6.70. The first-order chi connectivity index (χ1) is 8.04. The van der Waals surface area contributed by atoms with Crippen LogP contribution in [0, 0.1) is 0 Å². The molecule has 2 N–H and O–H groups in total. The molecule has 0 saturated heterocycles. The quantitative estimate of drug-likeness (QED) is 0.643. The lowest BCUT2D eigenvalue weighted by Crippen LogP contribution is -2.12. The Kier molecular flexibility index (Phi) is 5.56. The molecule has 0 saturated carbocycles. The van der Waals surface area contributed by atoms with E-state index in [1.165, 1.54) is 12.5 Å². The summed E-state index contributed by atoms with van der Waals surface area (Å²) in [4.78, 5) is 3.70. The molecule has 0 unspecified atom stereocenters. The van der Waals surface area contributed by atoms with Gasteiger partial charge in [0.2, 0.25) is 0 Å². The van der Waals surface area contributed by atoms with Crippen LogP contribution in [0.2, 0.25) is 0 Å². The van der Waals surface area contributed by atoms with Gasteiger partial charge in [-0.2, -0.15) is 0 Å². The number of methoxy groups -OCH3 is 1. The number of imidazole rings is 1.